The Labute approximate surface area is 136 Å². The zero-order valence-corrected chi connectivity index (χ0v) is 13.8. The van der Waals surface area contributed by atoms with Gasteiger partial charge in [-0.2, -0.15) is 0 Å². The van der Waals surface area contributed by atoms with Crippen LogP contribution in [0.3, 0.4) is 0 Å². The number of hydrogen-bond donors (Lipinski definition) is 0. The Hall–Kier alpha value is -1.58. The van der Waals surface area contributed by atoms with Gasteiger partial charge in [-0.15, -0.1) is 0 Å². The molecule has 0 aliphatic carbocycles. The Morgan fingerprint density at radius 1 is 1.23 bits per heavy atom. The van der Waals surface area contributed by atoms with E-state index >= 15 is 0 Å². The van der Waals surface area contributed by atoms with E-state index in [0.717, 1.165) is 23.8 Å². The summed E-state index contributed by atoms with van der Waals surface area (Å²) in [6.07, 6.45) is 1.18. The van der Waals surface area contributed by atoms with Gasteiger partial charge in [-0.3, -0.25) is 4.90 Å². The molecule has 2 atom stereocenters. The maximum Gasteiger partial charge on any atom is 0.213 e. The van der Waals surface area contributed by atoms with Crippen molar-refractivity contribution in [3.8, 4) is 5.88 Å². The van der Waals surface area contributed by atoms with Crippen molar-refractivity contribution in [2.45, 2.75) is 25.3 Å². The summed E-state index contributed by atoms with van der Waals surface area (Å²) in [5, 5.41) is 0.799. The van der Waals surface area contributed by atoms with Crippen LogP contribution < -0.4 is 4.74 Å². The van der Waals surface area contributed by atoms with Crippen molar-refractivity contribution in [1.82, 2.24) is 9.88 Å². The summed E-state index contributed by atoms with van der Waals surface area (Å²) in [4.78, 5) is 7.05. The maximum absolute atomic E-state index is 5.98. The molecular weight excluding hydrogens is 296 g/mol. The molecule has 0 saturated carbocycles. The molecule has 0 unspecified atom stereocenters. The van der Waals surface area contributed by atoms with E-state index in [1.165, 1.54) is 12.0 Å². The third kappa shape index (κ3) is 3.26. The van der Waals surface area contributed by atoms with Crippen molar-refractivity contribution in [3.05, 3.63) is 58.7 Å². The zero-order valence-electron chi connectivity index (χ0n) is 13.0. The molecule has 2 aromatic rings. The number of benzene rings is 1. The van der Waals surface area contributed by atoms with E-state index in [2.05, 4.69) is 35.0 Å². The summed E-state index contributed by atoms with van der Waals surface area (Å²) in [5.74, 6) is 1.25. The van der Waals surface area contributed by atoms with Gasteiger partial charge >= 0.3 is 0 Å². The molecule has 116 valence electrons. The second-order valence-electron chi connectivity index (χ2n) is 5.81. The molecule has 4 heteroatoms. The molecule has 1 aliphatic rings. The van der Waals surface area contributed by atoms with Crippen LogP contribution in [-0.4, -0.2) is 30.1 Å². The van der Waals surface area contributed by atoms with E-state index in [4.69, 9.17) is 16.3 Å². The number of methoxy groups -OCH3 is 1. The second-order valence-corrected chi connectivity index (χ2v) is 6.25. The van der Waals surface area contributed by atoms with E-state index in [9.17, 15) is 0 Å². The van der Waals surface area contributed by atoms with Crippen molar-refractivity contribution >= 4 is 11.6 Å². The topological polar surface area (TPSA) is 25.4 Å². The van der Waals surface area contributed by atoms with Gasteiger partial charge in [0, 0.05) is 23.7 Å². The fraction of sp³-hybridized carbons (Fsp3) is 0.389. The number of likely N-dealkylation sites (tertiary alicyclic amines) is 1. The molecule has 0 N–H and O–H groups in total. The third-order valence-corrected chi connectivity index (χ3v) is 4.74. The minimum Gasteiger partial charge on any atom is -0.481 e. The van der Waals surface area contributed by atoms with Crippen molar-refractivity contribution in [2.24, 2.45) is 0 Å². The zero-order chi connectivity index (χ0) is 15.5. The van der Waals surface area contributed by atoms with Gasteiger partial charge in [0.05, 0.1) is 12.8 Å². The highest BCUT2D eigenvalue weighted by atomic mass is 35.5. The van der Waals surface area contributed by atoms with E-state index in [-0.39, 0.29) is 0 Å². The average molecular weight is 317 g/mol. The number of hydrogen-bond acceptors (Lipinski definition) is 3. The van der Waals surface area contributed by atoms with Crippen LogP contribution in [0.25, 0.3) is 0 Å². The van der Waals surface area contributed by atoms with Gasteiger partial charge in [-0.25, -0.2) is 4.98 Å². The van der Waals surface area contributed by atoms with Crippen molar-refractivity contribution in [3.63, 3.8) is 0 Å². The molecule has 1 aliphatic heterocycles. The quantitative estimate of drug-likeness (QED) is 0.841. The van der Waals surface area contributed by atoms with Crippen LogP contribution in [0.5, 0.6) is 5.88 Å². The van der Waals surface area contributed by atoms with E-state index in [1.54, 1.807) is 7.11 Å². The molecule has 1 saturated heterocycles. The highest BCUT2D eigenvalue weighted by Crippen LogP contribution is 2.33. The Bertz CT molecular complexity index is 629. The molecule has 22 heavy (non-hydrogen) atoms. The fourth-order valence-corrected chi connectivity index (χ4v) is 3.24. The lowest BCUT2D eigenvalue weighted by atomic mass is 9.99. The summed E-state index contributed by atoms with van der Waals surface area (Å²) in [5.41, 5.74) is 2.44. The van der Waals surface area contributed by atoms with Crippen LogP contribution in [0, 0.1) is 0 Å². The van der Waals surface area contributed by atoms with E-state index in [0.29, 0.717) is 17.8 Å². The lowest BCUT2D eigenvalue weighted by Crippen LogP contribution is -2.25. The monoisotopic (exact) mass is 316 g/mol. The standard InChI is InChI=1S/C18H21ClN2O/c1-13(17-4-3-5-18(20-17)22-2)21-11-10-15(12-21)14-6-8-16(19)9-7-14/h3-9,13,15H,10-12H2,1-2H3/t13-,15-/m0/s1. The van der Waals surface area contributed by atoms with Gasteiger partial charge in [0.2, 0.25) is 5.88 Å². The predicted octanol–water partition coefficient (Wildman–Crippen LogP) is 4.29. The molecule has 0 radical (unpaired) electrons. The smallest absolute Gasteiger partial charge is 0.213 e. The fourth-order valence-electron chi connectivity index (χ4n) is 3.11. The number of aromatic nitrogens is 1. The van der Waals surface area contributed by atoms with Gasteiger partial charge < -0.3 is 4.74 Å². The minimum absolute atomic E-state index is 0.299. The molecule has 3 rings (SSSR count). The number of nitrogens with zero attached hydrogens (tertiary/aromatic N) is 2. The highest BCUT2D eigenvalue weighted by Gasteiger charge is 2.28. The molecule has 1 fully saturated rings. The lowest BCUT2D eigenvalue weighted by Gasteiger charge is -2.24. The summed E-state index contributed by atoms with van der Waals surface area (Å²) in [6, 6.07) is 14.5. The summed E-state index contributed by atoms with van der Waals surface area (Å²) in [7, 11) is 1.66. The van der Waals surface area contributed by atoms with Crippen LogP contribution in [-0.2, 0) is 0 Å². The van der Waals surface area contributed by atoms with Gasteiger partial charge in [0.15, 0.2) is 0 Å². The second kappa shape index (κ2) is 6.67. The van der Waals surface area contributed by atoms with Crippen molar-refractivity contribution < 1.29 is 4.74 Å². The first-order chi connectivity index (χ1) is 10.7. The Morgan fingerprint density at radius 3 is 2.73 bits per heavy atom. The van der Waals surface area contributed by atoms with Crippen LogP contribution in [0.2, 0.25) is 5.02 Å². The Balaban J connectivity index is 1.70. The van der Waals surface area contributed by atoms with Crippen molar-refractivity contribution in [2.75, 3.05) is 20.2 Å². The molecule has 2 heterocycles. The van der Waals surface area contributed by atoms with Gasteiger partial charge in [0.1, 0.15) is 0 Å². The minimum atomic E-state index is 0.299. The predicted molar refractivity (Wildman–Crippen MR) is 89.6 cm³/mol. The first-order valence-electron chi connectivity index (χ1n) is 7.68. The van der Waals surface area contributed by atoms with Gasteiger partial charge in [0.25, 0.3) is 0 Å². The molecule has 3 nitrogen and oxygen atoms in total. The summed E-state index contributed by atoms with van der Waals surface area (Å²) in [6.45, 7) is 4.36. The molecular formula is C18H21ClN2O. The summed E-state index contributed by atoms with van der Waals surface area (Å²) < 4.78 is 5.23. The highest BCUT2D eigenvalue weighted by molar-refractivity contribution is 6.30. The number of halogens is 1. The lowest BCUT2D eigenvalue weighted by molar-refractivity contribution is 0.253. The van der Waals surface area contributed by atoms with Crippen molar-refractivity contribution in [1.29, 1.82) is 0 Å². The van der Waals surface area contributed by atoms with Crippen LogP contribution in [0.1, 0.15) is 36.6 Å². The van der Waals surface area contributed by atoms with Crippen LogP contribution in [0.15, 0.2) is 42.5 Å². The molecule has 1 aromatic heterocycles. The largest absolute Gasteiger partial charge is 0.481 e. The maximum atomic E-state index is 5.98. The molecule has 0 spiro atoms. The number of ether oxygens (including phenoxy) is 1. The van der Waals surface area contributed by atoms with Gasteiger partial charge in [-0.05, 0) is 49.6 Å². The van der Waals surface area contributed by atoms with E-state index < -0.39 is 0 Å². The third-order valence-electron chi connectivity index (χ3n) is 4.49. The first-order valence-corrected chi connectivity index (χ1v) is 8.05. The molecule has 0 amide bonds. The van der Waals surface area contributed by atoms with E-state index in [1.807, 2.05) is 24.3 Å². The first kappa shape index (κ1) is 15.3. The normalized spacial score (nSPS) is 20.0. The number of rotatable bonds is 4. The Kier molecular flexibility index (Phi) is 4.65. The average Bonchev–Trinajstić information content (AvgIpc) is 3.05. The van der Waals surface area contributed by atoms with Crippen LogP contribution in [0.4, 0.5) is 0 Å². The summed E-state index contributed by atoms with van der Waals surface area (Å²) >= 11 is 5.98. The number of pyridine rings is 1. The molecule has 1 aromatic carbocycles. The van der Waals surface area contributed by atoms with Crippen LogP contribution >= 0.6 is 11.6 Å². The molecule has 0 bridgehead atoms. The Morgan fingerprint density at radius 2 is 2.00 bits per heavy atom. The SMILES string of the molecule is COc1cccc([C@H](C)N2CC[C@H](c3ccc(Cl)cc3)C2)n1. The van der Waals surface area contributed by atoms with Gasteiger partial charge in [-0.1, -0.05) is 29.8 Å².